The maximum atomic E-state index is 5.26. The number of aromatic nitrogens is 11. The minimum absolute atomic E-state index is 0.00252. The van der Waals surface area contributed by atoms with Crippen LogP contribution in [0.15, 0.2) is 438 Å². The summed E-state index contributed by atoms with van der Waals surface area (Å²) < 4.78 is 6.92. The minimum atomic E-state index is 0.00252. The number of para-hydroxylation sites is 3. The van der Waals surface area contributed by atoms with Crippen molar-refractivity contribution in [3.05, 3.63) is 488 Å². The summed E-state index contributed by atoms with van der Waals surface area (Å²) >= 11 is 0. The molecule has 0 bridgehead atoms. The van der Waals surface area contributed by atoms with Crippen molar-refractivity contribution in [2.24, 2.45) is 0 Å². The van der Waals surface area contributed by atoms with Gasteiger partial charge in [0.1, 0.15) is 30.1 Å². The molecule has 0 aliphatic heterocycles. The van der Waals surface area contributed by atoms with E-state index in [-0.39, 0.29) is 17.8 Å². The Balaban J connectivity index is 0.000000106. The van der Waals surface area contributed by atoms with E-state index < -0.39 is 0 Å². The van der Waals surface area contributed by atoms with E-state index in [1.807, 2.05) is 60.9 Å². The molecule has 0 amide bonds. The van der Waals surface area contributed by atoms with E-state index in [1.54, 1.807) is 12.7 Å². The normalized spacial score (nSPS) is 13.8. The van der Waals surface area contributed by atoms with E-state index in [4.69, 9.17) is 29.9 Å². The van der Waals surface area contributed by atoms with Crippen molar-refractivity contribution in [1.29, 1.82) is 0 Å². The summed E-state index contributed by atoms with van der Waals surface area (Å²) in [5.41, 5.74) is 35.3. The Kier molecular flexibility index (Phi) is 17.9. The largest absolute Gasteiger partial charge is 0.293 e. The van der Waals surface area contributed by atoms with Gasteiger partial charge in [-0.2, -0.15) is 0 Å². The molecule has 0 spiro atoms. The Morgan fingerprint density at radius 1 is 0.214 bits per heavy atom. The minimum Gasteiger partial charge on any atom is -0.293 e. The summed E-state index contributed by atoms with van der Waals surface area (Å²) in [7, 11) is 0. The van der Waals surface area contributed by atoms with Crippen LogP contribution >= 0.6 is 0 Å². The highest BCUT2D eigenvalue weighted by Crippen LogP contribution is 2.59. The fourth-order valence-electron chi connectivity index (χ4n) is 20.1. The summed E-state index contributed by atoms with van der Waals surface area (Å²) in [6.45, 7) is 0. The second-order valence-corrected chi connectivity index (χ2v) is 32.3. The lowest BCUT2D eigenvalue weighted by Gasteiger charge is -2.22. The summed E-state index contributed by atoms with van der Waals surface area (Å²) in [6, 6.07) is 146. The Labute approximate surface area is 727 Å². The molecule has 8 heterocycles. The lowest BCUT2D eigenvalue weighted by molar-refractivity contribution is 0.894. The van der Waals surface area contributed by atoms with Crippen LogP contribution < -0.4 is 0 Å². The summed E-state index contributed by atoms with van der Waals surface area (Å²) in [6.07, 6.45) is 7.03. The molecule has 0 radical (unpaired) electrons. The van der Waals surface area contributed by atoms with Gasteiger partial charge in [-0.05, 0) is 132 Å². The van der Waals surface area contributed by atoms with Gasteiger partial charge in [-0.25, -0.2) is 39.9 Å². The van der Waals surface area contributed by atoms with Gasteiger partial charge < -0.3 is 0 Å². The molecule has 126 heavy (non-hydrogen) atoms. The Morgan fingerprint density at radius 3 is 1.14 bits per heavy atom. The molecule has 3 aliphatic rings. The molecule has 590 valence electrons. The van der Waals surface area contributed by atoms with Crippen LogP contribution in [0.1, 0.15) is 68.0 Å². The monoisotopic (exact) mass is 1610 g/mol. The van der Waals surface area contributed by atoms with E-state index >= 15 is 0 Å². The number of nitrogens with zero attached hydrogens (tertiary/aromatic N) is 11. The third-order valence-corrected chi connectivity index (χ3v) is 25.4. The molecule has 3 aliphatic carbocycles. The fraction of sp³-hybridized carbons (Fsp3) is 0.0261. The van der Waals surface area contributed by atoms with Crippen LogP contribution in [-0.4, -0.2) is 53.6 Å². The van der Waals surface area contributed by atoms with Crippen LogP contribution in [0, 0.1) is 0 Å². The SMILES string of the molecule is c1ccc(-c2cc(-n3c4ccccc4c4ccc5c6ccccc6n(-c6ccccn6)c5c43)nc(-c3ccccc3)n2)cc1.c1ccc(-c2cc(C3c4ccccc4-c4ccc5c(c43)C(c3ccccc3)c3ccccc3-5)ncn2)cc1.c1ccc(-c2cc(C3c4ccccc4-c4ccc5c6ccccc6n(-c6ccncn6)c5c43)cc(-c3ccccc3)n2)cc1. The number of benzene rings is 15. The van der Waals surface area contributed by atoms with Crippen LogP contribution in [0.2, 0.25) is 0 Å². The lowest BCUT2D eigenvalue weighted by atomic mass is 9.81. The maximum absolute atomic E-state index is 5.26. The summed E-state index contributed by atoms with van der Waals surface area (Å²) in [5.74, 6) is 3.47. The number of hydrogen-bond acceptors (Lipinski definition) is 8. The van der Waals surface area contributed by atoms with E-state index in [9.17, 15) is 0 Å². The van der Waals surface area contributed by atoms with Crippen LogP contribution in [0.3, 0.4) is 0 Å². The molecule has 0 saturated heterocycles. The van der Waals surface area contributed by atoms with Crippen LogP contribution in [0.5, 0.6) is 0 Å². The Hall–Kier alpha value is -16.8. The molecule has 0 N–H and O–H groups in total. The predicted molar refractivity (Wildman–Crippen MR) is 510 cm³/mol. The average molecular weight is 1610 g/mol. The predicted octanol–water partition coefficient (Wildman–Crippen LogP) is 27.3. The molecule has 26 rings (SSSR count). The Bertz CT molecular complexity index is 8030. The molecule has 11 heteroatoms. The third-order valence-electron chi connectivity index (χ3n) is 25.4. The van der Waals surface area contributed by atoms with Crippen molar-refractivity contribution in [2.75, 3.05) is 0 Å². The van der Waals surface area contributed by atoms with E-state index in [0.717, 1.165) is 107 Å². The number of fused-ring (bicyclic) bond motifs is 21. The standard InChI is InChI=1S/C40H26N4.C39H25N5.C36H24N2/c1-3-11-26(12-4-1)34-23-28(24-35(43-34)27-13-5-2-6-14-27)38-31-17-8-7-15-29(31)32-19-20-33-30-16-9-10-18-36(30)44(40(33)39(32)38)37-21-22-41-25-42-37;1-3-13-26(14-4-1)32-25-36(42-39(41-32)27-15-5-2-6-16-27)44-34-20-10-8-18-29(34)31-23-22-30-28-17-7-9-19-33(28)43(37(30)38(31)44)35-21-11-12-24-40-35;1-3-11-23(12-4-1)31-21-32(38-22-37-31)34-28-18-10-8-16-26(28)30-20-19-29-25-15-7-9-17-27(25)33(35(29)36(30)34)24-13-5-2-6-14-24/h1-25,38H;1-25H;1-22,33-34H. The van der Waals surface area contributed by atoms with E-state index in [2.05, 4.69) is 388 Å². The van der Waals surface area contributed by atoms with Gasteiger partial charge in [0.25, 0.3) is 0 Å². The number of pyridine rings is 2. The second kappa shape index (κ2) is 30.7. The highest BCUT2D eigenvalue weighted by atomic mass is 15.1. The number of rotatable bonds is 11. The quantitative estimate of drug-likeness (QED) is 0.126. The van der Waals surface area contributed by atoms with Gasteiger partial charge in [0.2, 0.25) is 0 Å². The molecule has 3 unspecified atom stereocenters. The molecule has 15 aromatic carbocycles. The molecule has 11 nitrogen and oxygen atoms in total. The molecule has 3 atom stereocenters. The van der Waals surface area contributed by atoms with Crippen molar-refractivity contribution < 1.29 is 0 Å². The van der Waals surface area contributed by atoms with E-state index in [1.165, 1.54) is 110 Å². The van der Waals surface area contributed by atoms with Gasteiger partial charge in [-0.3, -0.25) is 13.7 Å². The lowest BCUT2D eigenvalue weighted by Crippen LogP contribution is -2.09. The second-order valence-electron chi connectivity index (χ2n) is 32.3. The third kappa shape index (κ3) is 12.3. The van der Waals surface area contributed by atoms with Gasteiger partial charge in [-0.1, -0.05) is 352 Å². The first-order chi connectivity index (χ1) is 62.6. The summed E-state index contributed by atoms with van der Waals surface area (Å²) in [5, 5.41) is 7.12. The first-order valence-corrected chi connectivity index (χ1v) is 42.8. The maximum Gasteiger partial charge on any atom is 0.162 e. The zero-order valence-corrected chi connectivity index (χ0v) is 68.2. The first kappa shape index (κ1) is 73.2. The van der Waals surface area contributed by atoms with Crippen molar-refractivity contribution in [3.63, 3.8) is 0 Å². The van der Waals surface area contributed by atoms with Gasteiger partial charge in [0.15, 0.2) is 5.82 Å². The highest BCUT2D eigenvalue weighted by Gasteiger charge is 2.41. The molecule has 8 aromatic heterocycles. The highest BCUT2D eigenvalue weighted by molar-refractivity contribution is 6.24. The van der Waals surface area contributed by atoms with Crippen molar-refractivity contribution in [2.45, 2.75) is 17.8 Å². The van der Waals surface area contributed by atoms with Gasteiger partial charge >= 0.3 is 0 Å². The molecular formula is C115H75N11. The smallest absolute Gasteiger partial charge is 0.162 e. The van der Waals surface area contributed by atoms with Crippen LogP contribution in [-0.2, 0) is 0 Å². The van der Waals surface area contributed by atoms with Crippen molar-refractivity contribution in [3.8, 4) is 107 Å². The van der Waals surface area contributed by atoms with Crippen molar-refractivity contribution in [1.82, 2.24) is 53.6 Å². The topological polar surface area (TPSA) is 118 Å². The average Bonchev–Trinajstić information content (AvgIpc) is 1.57. The first-order valence-electron chi connectivity index (χ1n) is 42.8. The van der Waals surface area contributed by atoms with Gasteiger partial charge in [0.05, 0.1) is 67.5 Å². The molecule has 0 fully saturated rings. The zero-order valence-electron chi connectivity index (χ0n) is 68.2. The van der Waals surface area contributed by atoms with E-state index in [0.29, 0.717) is 5.82 Å². The molecule has 23 aromatic rings. The van der Waals surface area contributed by atoms with Gasteiger partial charge in [-0.15, -0.1) is 0 Å². The fourth-order valence-corrected chi connectivity index (χ4v) is 20.1. The van der Waals surface area contributed by atoms with Crippen molar-refractivity contribution >= 4 is 65.4 Å². The summed E-state index contributed by atoms with van der Waals surface area (Å²) in [4.78, 5) is 38.9. The Morgan fingerprint density at radius 2 is 0.619 bits per heavy atom. The van der Waals surface area contributed by atoms with Crippen LogP contribution in [0.4, 0.5) is 0 Å². The van der Waals surface area contributed by atoms with Crippen LogP contribution in [0.25, 0.3) is 173 Å². The number of hydrogen-bond donors (Lipinski definition) is 0. The van der Waals surface area contributed by atoms with Gasteiger partial charge in [0, 0.05) is 90.4 Å². The molecule has 0 saturated carbocycles. The molecular weight excluding hydrogens is 1540 g/mol. The zero-order chi connectivity index (χ0) is 83.1.